The molecular weight excluding hydrogens is 268 g/mol. The molecule has 2 saturated heterocycles. The van der Waals surface area contributed by atoms with E-state index < -0.39 is 0 Å². The Morgan fingerprint density at radius 1 is 1.24 bits per heavy atom. The first-order chi connectivity index (χ1) is 10.3. The molecule has 1 amide bonds. The van der Waals surface area contributed by atoms with Crippen LogP contribution < -0.4 is 0 Å². The molecule has 0 saturated carbocycles. The van der Waals surface area contributed by atoms with Crippen molar-refractivity contribution in [3.05, 3.63) is 35.4 Å². The molecule has 110 valence electrons. The predicted molar refractivity (Wildman–Crippen MR) is 75.5 cm³/mol. The van der Waals surface area contributed by atoms with Gasteiger partial charge in [-0.25, -0.2) is 0 Å². The van der Waals surface area contributed by atoms with Gasteiger partial charge in [0.25, 0.3) is 5.91 Å². The van der Waals surface area contributed by atoms with Gasteiger partial charge in [0.2, 0.25) is 0 Å². The lowest BCUT2D eigenvalue weighted by molar-refractivity contribution is -0.0956. The summed E-state index contributed by atoms with van der Waals surface area (Å²) in [5.74, 6) is 0.376. The minimum atomic E-state index is -0.0934. The molecule has 2 heterocycles. The van der Waals surface area contributed by atoms with E-state index in [0.29, 0.717) is 43.3 Å². The van der Waals surface area contributed by atoms with E-state index in [2.05, 4.69) is 6.07 Å². The van der Waals surface area contributed by atoms with Gasteiger partial charge in [-0.1, -0.05) is 6.07 Å². The maximum Gasteiger partial charge on any atom is 0.253 e. The Bertz CT molecular complexity index is 553. The van der Waals surface area contributed by atoms with Crippen LogP contribution in [0.15, 0.2) is 24.3 Å². The second-order valence-electron chi connectivity index (χ2n) is 5.43. The zero-order chi connectivity index (χ0) is 14.7. The molecule has 0 radical (unpaired) electrons. The molecule has 5 heteroatoms. The fourth-order valence-corrected chi connectivity index (χ4v) is 2.93. The quantitative estimate of drug-likeness (QED) is 0.831. The van der Waals surface area contributed by atoms with Gasteiger partial charge < -0.3 is 14.4 Å². The fraction of sp³-hybridized carbons (Fsp3) is 0.500. The summed E-state index contributed by atoms with van der Waals surface area (Å²) >= 11 is 0. The summed E-state index contributed by atoms with van der Waals surface area (Å²) < 4.78 is 11.1. The van der Waals surface area contributed by atoms with Gasteiger partial charge in [0, 0.05) is 24.6 Å². The molecule has 1 aromatic rings. The van der Waals surface area contributed by atoms with E-state index in [1.165, 1.54) is 0 Å². The molecule has 0 atom stereocenters. The van der Waals surface area contributed by atoms with Crippen molar-refractivity contribution in [2.24, 2.45) is 5.92 Å². The zero-order valence-corrected chi connectivity index (χ0v) is 11.8. The highest BCUT2D eigenvalue weighted by Crippen LogP contribution is 2.26. The molecule has 1 aromatic carbocycles. The summed E-state index contributed by atoms with van der Waals surface area (Å²) in [7, 11) is 0. The minimum Gasteiger partial charge on any atom is -0.350 e. The Balaban J connectivity index is 1.60. The van der Waals surface area contributed by atoms with E-state index >= 15 is 0 Å². The number of hydrogen-bond acceptors (Lipinski definition) is 4. The van der Waals surface area contributed by atoms with Crippen LogP contribution >= 0.6 is 0 Å². The molecule has 5 nitrogen and oxygen atoms in total. The average Bonchev–Trinajstić information content (AvgIpc) is 3.09. The molecule has 0 spiro atoms. The van der Waals surface area contributed by atoms with Gasteiger partial charge in [0.15, 0.2) is 6.29 Å². The van der Waals surface area contributed by atoms with Gasteiger partial charge in [0.1, 0.15) is 0 Å². The Hall–Kier alpha value is -1.90. The SMILES string of the molecule is N#Cc1cccc(C(=O)N2CCC(C3OCCO3)CC2)c1. The standard InChI is InChI=1S/C16H18N2O3/c17-11-12-2-1-3-14(10-12)15(19)18-6-4-13(5-7-18)16-20-8-9-21-16/h1-3,10,13,16H,4-9H2. The number of benzene rings is 1. The van der Waals surface area contributed by atoms with Crippen molar-refractivity contribution in [1.82, 2.24) is 4.90 Å². The number of nitriles is 1. The number of carbonyl (C=O) groups excluding carboxylic acids is 1. The second kappa shape index (κ2) is 6.25. The number of nitrogens with zero attached hydrogens (tertiary/aromatic N) is 2. The fourth-order valence-electron chi connectivity index (χ4n) is 2.93. The van der Waals surface area contributed by atoms with E-state index in [1.807, 2.05) is 4.90 Å². The summed E-state index contributed by atoms with van der Waals surface area (Å²) in [5.41, 5.74) is 1.10. The van der Waals surface area contributed by atoms with E-state index in [1.54, 1.807) is 24.3 Å². The van der Waals surface area contributed by atoms with Crippen LogP contribution in [0.2, 0.25) is 0 Å². The lowest BCUT2D eigenvalue weighted by Crippen LogP contribution is -2.41. The minimum absolute atomic E-state index is 0.00110. The van der Waals surface area contributed by atoms with E-state index in [0.717, 1.165) is 12.8 Å². The molecule has 2 aliphatic heterocycles. The van der Waals surface area contributed by atoms with Gasteiger partial charge in [-0.3, -0.25) is 4.79 Å². The number of hydrogen-bond donors (Lipinski definition) is 0. The molecule has 0 aromatic heterocycles. The normalized spacial score (nSPS) is 20.4. The van der Waals surface area contributed by atoms with Gasteiger partial charge in [-0.05, 0) is 31.0 Å². The van der Waals surface area contributed by atoms with Crippen molar-refractivity contribution < 1.29 is 14.3 Å². The molecule has 3 rings (SSSR count). The van der Waals surface area contributed by atoms with Gasteiger partial charge in [-0.2, -0.15) is 5.26 Å². The lowest BCUT2D eigenvalue weighted by Gasteiger charge is -2.33. The van der Waals surface area contributed by atoms with E-state index in [9.17, 15) is 4.79 Å². The number of carbonyl (C=O) groups is 1. The molecule has 0 aliphatic carbocycles. The zero-order valence-electron chi connectivity index (χ0n) is 11.8. The highest BCUT2D eigenvalue weighted by molar-refractivity contribution is 5.94. The van der Waals surface area contributed by atoms with Crippen LogP contribution in [0.1, 0.15) is 28.8 Å². The van der Waals surface area contributed by atoms with Crippen molar-refractivity contribution in [2.45, 2.75) is 19.1 Å². The molecule has 2 aliphatic rings. The van der Waals surface area contributed by atoms with Crippen LogP contribution in [-0.4, -0.2) is 43.4 Å². The molecule has 0 bridgehead atoms. The Labute approximate surface area is 124 Å². The molecular formula is C16H18N2O3. The van der Waals surface area contributed by atoms with Gasteiger partial charge >= 0.3 is 0 Å². The average molecular weight is 286 g/mol. The predicted octanol–water partition coefficient (Wildman–Crippen LogP) is 1.78. The number of ether oxygens (including phenoxy) is 2. The third-order valence-electron chi connectivity index (χ3n) is 4.10. The smallest absolute Gasteiger partial charge is 0.253 e. The second-order valence-corrected chi connectivity index (χ2v) is 5.43. The maximum atomic E-state index is 12.4. The van der Waals surface area contributed by atoms with Crippen molar-refractivity contribution in [2.75, 3.05) is 26.3 Å². The van der Waals surface area contributed by atoms with Crippen LogP contribution in [0.5, 0.6) is 0 Å². The summed E-state index contributed by atoms with van der Waals surface area (Å²) in [5, 5.41) is 8.91. The van der Waals surface area contributed by atoms with E-state index in [-0.39, 0.29) is 12.2 Å². The van der Waals surface area contributed by atoms with Crippen molar-refractivity contribution in [3.8, 4) is 6.07 Å². The summed E-state index contributed by atoms with van der Waals surface area (Å²) in [4.78, 5) is 14.3. The van der Waals surface area contributed by atoms with Crippen LogP contribution in [0.4, 0.5) is 0 Å². The maximum absolute atomic E-state index is 12.4. The first-order valence-corrected chi connectivity index (χ1v) is 7.30. The lowest BCUT2D eigenvalue weighted by atomic mass is 9.95. The van der Waals surface area contributed by atoms with Gasteiger partial charge in [-0.15, -0.1) is 0 Å². The number of amides is 1. The van der Waals surface area contributed by atoms with Gasteiger partial charge in [0.05, 0.1) is 24.8 Å². The van der Waals surface area contributed by atoms with Crippen LogP contribution in [0.3, 0.4) is 0 Å². The molecule has 2 fully saturated rings. The Morgan fingerprint density at radius 3 is 2.62 bits per heavy atom. The summed E-state index contributed by atoms with van der Waals surface area (Å²) in [6.07, 6.45) is 1.70. The van der Waals surface area contributed by atoms with Crippen molar-refractivity contribution in [3.63, 3.8) is 0 Å². The topological polar surface area (TPSA) is 62.6 Å². The van der Waals surface area contributed by atoms with Crippen molar-refractivity contribution in [1.29, 1.82) is 5.26 Å². The third-order valence-corrected chi connectivity index (χ3v) is 4.10. The van der Waals surface area contributed by atoms with Crippen molar-refractivity contribution >= 4 is 5.91 Å². The first kappa shape index (κ1) is 14.1. The Morgan fingerprint density at radius 2 is 1.95 bits per heavy atom. The number of piperidine rings is 1. The largest absolute Gasteiger partial charge is 0.350 e. The highest BCUT2D eigenvalue weighted by Gasteiger charge is 2.31. The third kappa shape index (κ3) is 3.07. The number of likely N-dealkylation sites (tertiary alicyclic amines) is 1. The Kier molecular flexibility index (Phi) is 4.18. The summed E-state index contributed by atoms with van der Waals surface area (Å²) in [6, 6.07) is 8.93. The highest BCUT2D eigenvalue weighted by atomic mass is 16.7. The molecule has 21 heavy (non-hydrogen) atoms. The van der Waals surface area contributed by atoms with Crippen LogP contribution in [-0.2, 0) is 9.47 Å². The molecule has 0 unspecified atom stereocenters. The summed E-state index contributed by atoms with van der Waals surface area (Å²) in [6.45, 7) is 2.77. The van der Waals surface area contributed by atoms with Crippen LogP contribution in [0, 0.1) is 17.2 Å². The van der Waals surface area contributed by atoms with Crippen LogP contribution in [0.25, 0.3) is 0 Å². The monoisotopic (exact) mass is 286 g/mol. The first-order valence-electron chi connectivity index (χ1n) is 7.30. The van der Waals surface area contributed by atoms with E-state index in [4.69, 9.17) is 14.7 Å². The molecule has 0 N–H and O–H groups in total. The number of rotatable bonds is 2.